The molecule has 0 aromatic heterocycles. The lowest BCUT2D eigenvalue weighted by atomic mass is 9.84. The minimum absolute atomic E-state index is 0.109. The smallest absolute Gasteiger partial charge is 0.334 e. The summed E-state index contributed by atoms with van der Waals surface area (Å²) in [5.41, 5.74) is 1.27. The molecule has 6 nitrogen and oxygen atoms in total. The van der Waals surface area contributed by atoms with Crippen LogP contribution in [0.2, 0.25) is 0 Å². The van der Waals surface area contributed by atoms with Gasteiger partial charge < -0.3 is 14.6 Å². The van der Waals surface area contributed by atoms with Crippen LogP contribution in [0.15, 0.2) is 35.5 Å². The van der Waals surface area contributed by atoms with E-state index in [-0.39, 0.29) is 11.1 Å². The Morgan fingerprint density at radius 3 is 2.76 bits per heavy atom. The monoisotopic (exact) mass is 348 g/mol. The molecular weight excluding hydrogens is 324 g/mol. The number of ether oxygens (including phenoxy) is 2. The van der Waals surface area contributed by atoms with Crippen LogP contribution in [-0.4, -0.2) is 41.6 Å². The van der Waals surface area contributed by atoms with Crippen LogP contribution in [0.3, 0.4) is 0 Å². The van der Waals surface area contributed by atoms with Crippen LogP contribution in [0, 0.1) is 11.8 Å². The zero-order valence-corrected chi connectivity index (χ0v) is 14.7. The Balaban J connectivity index is 2.46. The maximum absolute atomic E-state index is 12.1. The maximum atomic E-state index is 12.1. The molecule has 1 aliphatic heterocycles. The zero-order valence-electron chi connectivity index (χ0n) is 14.7. The number of aliphatic hydroxyl groups is 1. The standard InChI is InChI=1S/C19H24O6/c1-10(2)18(22)25-17-13(9-20)7-5-6-11(3)8-14-15(16(17)21)12(4)19(23)24-14/h7-10,14-17,21H,4-6H2,1-3H3/b11-8-,13-7-/t14-,15+,16+,17-/m1/s1. The SMILES string of the molecule is C=C1C(=O)O[C@@H]2/C=C(/C)CC/C=C(/C=O)[C@@H](OC(=O)C(C)C)[C@@H](O)[C@@H]12. The Morgan fingerprint density at radius 2 is 2.16 bits per heavy atom. The Bertz CT molecular complexity index is 642. The molecule has 0 bridgehead atoms. The van der Waals surface area contributed by atoms with E-state index >= 15 is 0 Å². The van der Waals surface area contributed by atoms with E-state index in [0.717, 1.165) is 5.57 Å². The van der Waals surface area contributed by atoms with Crippen LogP contribution in [-0.2, 0) is 23.9 Å². The predicted octanol–water partition coefficient (Wildman–Crippen LogP) is 1.88. The van der Waals surface area contributed by atoms with Crippen molar-refractivity contribution in [2.45, 2.75) is 51.9 Å². The Kier molecular flexibility index (Phi) is 5.95. The molecule has 2 rings (SSSR count). The van der Waals surface area contributed by atoms with Crippen LogP contribution >= 0.6 is 0 Å². The second-order valence-electron chi connectivity index (χ2n) is 6.80. The van der Waals surface area contributed by atoms with Gasteiger partial charge in [-0.2, -0.15) is 0 Å². The molecule has 1 heterocycles. The summed E-state index contributed by atoms with van der Waals surface area (Å²) >= 11 is 0. The van der Waals surface area contributed by atoms with E-state index in [2.05, 4.69) is 6.58 Å². The van der Waals surface area contributed by atoms with Crippen molar-refractivity contribution in [2.75, 3.05) is 0 Å². The summed E-state index contributed by atoms with van der Waals surface area (Å²) in [7, 11) is 0. The molecule has 0 radical (unpaired) electrons. The fourth-order valence-electron chi connectivity index (χ4n) is 2.99. The summed E-state index contributed by atoms with van der Waals surface area (Å²) in [6.45, 7) is 8.93. The Morgan fingerprint density at radius 1 is 1.48 bits per heavy atom. The second-order valence-corrected chi connectivity index (χ2v) is 6.80. The molecule has 0 amide bonds. The van der Waals surface area contributed by atoms with Crippen molar-refractivity contribution in [1.29, 1.82) is 0 Å². The number of fused-ring (bicyclic) bond motifs is 1. The van der Waals surface area contributed by atoms with Crippen LogP contribution in [0.5, 0.6) is 0 Å². The van der Waals surface area contributed by atoms with Gasteiger partial charge >= 0.3 is 11.9 Å². The van der Waals surface area contributed by atoms with Gasteiger partial charge in [0.25, 0.3) is 0 Å². The van der Waals surface area contributed by atoms with Gasteiger partial charge in [0.1, 0.15) is 18.5 Å². The van der Waals surface area contributed by atoms with Gasteiger partial charge in [0, 0.05) is 11.1 Å². The summed E-state index contributed by atoms with van der Waals surface area (Å²) in [6, 6.07) is 0. The normalized spacial score (nSPS) is 34.3. The van der Waals surface area contributed by atoms with Crippen LogP contribution in [0.25, 0.3) is 0 Å². The first-order valence-corrected chi connectivity index (χ1v) is 8.37. The topological polar surface area (TPSA) is 89.9 Å². The molecule has 1 saturated heterocycles. The molecule has 4 atom stereocenters. The van der Waals surface area contributed by atoms with Gasteiger partial charge in [-0.05, 0) is 25.8 Å². The summed E-state index contributed by atoms with van der Waals surface area (Å²) in [5, 5.41) is 10.9. The molecule has 0 aromatic carbocycles. The van der Waals surface area contributed by atoms with E-state index in [4.69, 9.17) is 9.47 Å². The van der Waals surface area contributed by atoms with Crippen molar-refractivity contribution in [2.24, 2.45) is 11.8 Å². The molecule has 6 heteroatoms. The summed E-state index contributed by atoms with van der Waals surface area (Å²) in [6.07, 6.45) is 2.05. The molecule has 136 valence electrons. The van der Waals surface area contributed by atoms with Crippen LogP contribution < -0.4 is 0 Å². The average Bonchev–Trinajstić information content (AvgIpc) is 2.82. The Hall–Kier alpha value is -2.21. The van der Waals surface area contributed by atoms with Crippen LogP contribution in [0.1, 0.15) is 33.6 Å². The van der Waals surface area contributed by atoms with Crippen molar-refractivity contribution in [3.63, 3.8) is 0 Å². The molecule has 0 aromatic rings. The first kappa shape index (κ1) is 19.1. The third-order valence-corrected chi connectivity index (χ3v) is 4.49. The van der Waals surface area contributed by atoms with E-state index in [1.165, 1.54) is 0 Å². The lowest BCUT2D eigenvalue weighted by Crippen LogP contribution is -2.42. The molecule has 1 aliphatic carbocycles. The van der Waals surface area contributed by atoms with Gasteiger partial charge in [-0.3, -0.25) is 9.59 Å². The van der Waals surface area contributed by atoms with E-state index in [0.29, 0.717) is 19.1 Å². The number of aldehydes is 1. The van der Waals surface area contributed by atoms with Gasteiger partial charge in [-0.15, -0.1) is 0 Å². The second kappa shape index (κ2) is 7.78. The third kappa shape index (κ3) is 4.07. The highest BCUT2D eigenvalue weighted by molar-refractivity contribution is 5.91. The van der Waals surface area contributed by atoms with E-state index < -0.39 is 42.1 Å². The minimum atomic E-state index is -1.31. The number of allylic oxidation sites excluding steroid dienone is 2. The van der Waals surface area contributed by atoms with Crippen molar-refractivity contribution < 1.29 is 29.0 Å². The molecule has 0 spiro atoms. The van der Waals surface area contributed by atoms with Gasteiger partial charge in [0.15, 0.2) is 6.10 Å². The molecule has 25 heavy (non-hydrogen) atoms. The fraction of sp³-hybridized carbons (Fsp3) is 0.526. The first-order valence-electron chi connectivity index (χ1n) is 8.37. The Labute approximate surface area is 147 Å². The van der Waals surface area contributed by atoms with Crippen LogP contribution in [0.4, 0.5) is 0 Å². The summed E-state index contributed by atoms with van der Waals surface area (Å²) in [4.78, 5) is 35.5. The fourth-order valence-corrected chi connectivity index (χ4v) is 2.99. The molecule has 2 aliphatic rings. The lowest BCUT2D eigenvalue weighted by Gasteiger charge is -2.30. The molecule has 0 unspecified atom stereocenters. The number of aliphatic hydroxyl groups excluding tert-OH is 1. The predicted molar refractivity (Wildman–Crippen MR) is 90.4 cm³/mol. The molecule has 1 fully saturated rings. The van der Waals surface area contributed by atoms with Crippen molar-refractivity contribution in [1.82, 2.24) is 0 Å². The number of carbonyl (C=O) groups excluding carboxylic acids is 3. The van der Waals surface area contributed by atoms with E-state index in [9.17, 15) is 19.5 Å². The zero-order chi connectivity index (χ0) is 18.7. The first-order chi connectivity index (χ1) is 11.8. The average molecular weight is 348 g/mol. The van der Waals surface area contributed by atoms with Gasteiger partial charge in [-0.1, -0.05) is 32.1 Å². The maximum Gasteiger partial charge on any atom is 0.334 e. The van der Waals surface area contributed by atoms with E-state index in [1.807, 2.05) is 6.92 Å². The number of carbonyl (C=O) groups is 3. The molecule has 1 N–H and O–H groups in total. The highest BCUT2D eigenvalue weighted by Crippen LogP contribution is 2.35. The summed E-state index contributed by atoms with van der Waals surface area (Å²) < 4.78 is 10.7. The number of esters is 2. The lowest BCUT2D eigenvalue weighted by molar-refractivity contribution is -0.158. The van der Waals surface area contributed by atoms with Gasteiger partial charge in [0.2, 0.25) is 0 Å². The number of hydrogen-bond donors (Lipinski definition) is 1. The largest absolute Gasteiger partial charge is 0.454 e. The summed E-state index contributed by atoms with van der Waals surface area (Å²) in [5.74, 6) is -2.33. The number of hydrogen-bond acceptors (Lipinski definition) is 6. The van der Waals surface area contributed by atoms with Gasteiger partial charge in [-0.25, -0.2) is 4.79 Å². The highest BCUT2D eigenvalue weighted by Gasteiger charge is 2.46. The van der Waals surface area contributed by atoms with Gasteiger partial charge in [0.05, 0.1) is 11.8 Å². The highest BCUT2D eigenvalue weighted by atomic mass is 16.6. The molecule has 0 saturated carbocycles. The quantitative estimate of drug-likeness (QED) is 0.362. The van der Waals surface area contributed by atoms with Crippen molar-refractivity contribution in [3.8, 4) is 0 Å². The third-order valence-electron chi connectivity index (χ3n) is 4.49. The van der Waals surface area contributed by atoms with Crippen molar-refractivity contribution in [3.05, 3.63) is 35.5 Å². The molecular formula is C19H24O6. The number of rotatable bonds is 3. The van der Waals surface area contributed by atoms with E-state index in [1.54, 1.807) is 26.0 Å². The minimum Gasteiger partial charge on any atom is -0.454 e. The van der Waals surface area contributed by atoms with Crippen molar-refractivity contribution >= 4 is 18.2 Å².